The molecule has 10 nitrogen and oxygen atoms in total. The highest BCUT2D eigenvalue weighted by Crippen LogP contribution is 2.24. The predicted octanol–water partition coefficient (Wildman–Crippen LogP) is 4.21. The monoisotopic (exact) mass is 700 g/mol. The lowest BCUT2D eigenvalue weighted by molar-refractivity contribution is -0.117. The summed E-state index contributed by atoms with van der Waals surface area (Å²) in [5.74, 6) is -2.30. The Balaban J connectivity index is 0.976. The van der Waals surface area contributed by atoms with Gasteiger partial charge in [0.1, 0.15) is 0 Å². The van der Waals surface area contributed by atoms with Gasteiger partial charge in [0.05, 0.1) is 11.1 Å². The molecule has 42 heavy (non-hydrogen) atoms. The maximum atomic E-state index is 12.5. The molecule has 0 bridgehead atoms. The quantitative estimate of drug-likeness (QED) is 0.0552. The first kappa shape index (κ1) is 31.6. The first-order chi connectivity index (χ1) is 20.3. The lowest BCUT2D eigenvalue weighted by Gasteiger charge is -2.08. The number of benzene rings is 2. The van der Waals surface area contributed by atoms with Crippen LogP contribution in [0, 0.1) is 0 Å². The van der Waals surface area contributed by atoms with Gasteiger partial charge < -0.3 is 31.2 Å². The van der Waals surface area contributed by atoms with E-state index in [0.29, 0.717) is 24.2 Å². The number of unbranched alkanes of at least 4 members (excludes halogenated alkanes) is 1. The Hall–Kier alpha value is -3.32. The Morgan fingerprint density at radius 1 is 0.571 bits per heavy atom. The third kappa shape index (κ3) is 8.60. The highest BCUT2D eigenvalue weighted by atomic mass is 79.9. The molecule has 2 amide bonds. The number of H-pyrrole nitrogens is 2. The van der Waals surface area contributed by atoms with E-state index in [1.165, 1.54) is 0 Å². The minimum Gasteiger partial charge on any atom is -0.360 e. The van der Waals surface area contributed by atoms with Gasteiger partial charge in [-0.05, 0) is 88.3 Å². The Bertz CT molecular complexity index is 1450. The first-order valence-corrected chi connectivity index (χ1v) is 15.5. The molecule has 4 rings (SSSR count). The molecule has 0 aliphatic rings. The van der Waals surface area contributed by atoms with Crippen molar-refractivity contribution in [3.8, 4) is 0 Å². The maximum Gasteiger partial charge on any atom is 0.292 e. The molecule has 6 N–H and O–H groups in total. The summed E-state index contributed by atoms with van der Waals surface area (Å²) >= 11 is 6.79. The second-order valence-electron chi connectivity index (χ2n) is 9.87. The van der Waals surface area contributed by atoms with E-state index in [1.807, 2.05) is 36.4 Å². The van der Waals surface area contributed by atoms with Gasteiger partial charge in [-0.3, -0.25) is 19.2 Å². The molecule has 12 heteroatoms. The van der Waals surface area contributed by atoms with Crippen LogP contribution in [-0.2, 0) is 9.59 Å². The molecule has 0 aliphatic carbocycles. The Labute approximate surface area is 260 Å². The van der Waals surface area contributed by atoms with Crippen molar-refractivity contribution in [2.45, 2.75) is 25.7 Å². The van der Waals surface area contributed by atoms with Crippen LogP contribution in [0.2, 0.25) is 0 Å². The number of amides is 2. The van der Waals surface area contributed by atoms with Crippen LogP contribution in [0.25, 0.3) is 21.8 Å². The van der Waals surface area contributed by atoms with Crippen molar-refractivity contribution >= 4 is 77.0 Å². The van der Waals surface area contributed by atoms with Gasteiger partial charge >= 0.3 is 0 Å². The van der Waals surface area contributed by atoms with Crippen LogP contribution in [0.15, 0.2) is 57.7 Å². The van der Waals surface area contributed by atoms with Gasteiger partial charge in [-0.25, -0.2) is 0 Å². The highest BCUT2D eigenvalue weighted by Gasteiger charge is 2.20. The molecule has 0 spiro atoms. The summed E-state index contributed by atoms with van der Waals surface area (Å²) in [6.07, 6.45) is 6.59. The van der Waals surface area contributed by atoms with E-state index in [1.54, 1.807) is 12.4 Å². The molecule has 2 aromatic heterocycles. The van der Waals surface area contributed by atoms with Gasteiger partial charge in [-0.15, -0.1) is 0 Å². The smallest absolute Gasteiger partial charge is 0.292 e. The Morgan fingerprint density at radius 3 is 1.40 bits per heavy atom. The van der Waals surface area contributed by atoms with Crippen LogP contribution in [0.4, 0.5) is 0 Å². The standard InChI is InChI=1S/C30H34Br2N6O4/c31-19-5-7-25-21(15-19)23(17-37-25)27(39)29(41)35-13-3-11-33-9-1-2-10-34-12-4-14-36-30(42)28(40)24-18-38-26-8-6-20(32)16-22(24)26/h5-8,15-18,33-34,37-38H,1-4,9-14H2,(H,35,41)(H,36,42). The van der Waals surface area contributed by atoms with Gasteiger partial charge in [0.2, 0.25) is 0 Å². The van der Waals surface area contributed by atoms with E-state index in [0.717, 1.165) is 82.6 Å². The van der Waals surface area contributed by atoms with Crippen molar-refractivity contribution in [3.05, 3.63) is 68.9 Å². The molecule has 0 saturated heterocycles. The molecule has 2 aromatic carbocycles. The molecule has 4 aromatic rings. The summed E-state index contributed by atoms with van der Waals surface area (Å²) in [7, 11) is 0. The van der Waals surface area contributed by atoms with Crippen molar-refractivity contribution in [3.63, 3.8) is 0 Å². The molecule has 0 atom stereocenters. The summed E-state index contributed by atoms with van der Waals surface area (Å²) in [6.45, 7) is 4.06. The van der Waals surface area contributed by atoms with Crippen LogP contribution in [0.5, 0.6) is 0 Å². The van der Waals surface area contributed by atoms with Crippen molar-refractivity contribution < 1.29 is 19.2 Å². The average Bonchev–Trinajstić information content (AvgIpc) is 3.59. The minimum atomic E-state index is -0.601. The fourth-order valence-electron chi connectivity index (χ4n) is 4.55. The zero-order valence-electron chi connectivity index (χ0n) is 23.1. The lowest BCUT2D eigenvalue weighted by atomic mass is 10.1. The summed E-state index contributed by atoms with van der Waals surface area (Å²) in [5.41, 5.74) is 2.35. The zero-order chi connectivity index (χ0) is 29.9. The number of halogens is 2. The molecule has 0 unspecified atom stereocenters. The van der Waals surface area contributed by atoms with Crippen LogP contribution in [0.3, 0.4) is 0 Å². The van der Waals surface area contributed by atoms with E-state index in [9.17, 15) is 19.2 Å². The molecule has 0 aliphatic heterocycles. The van der Waals surface area contributed by atoms with Crippen LogP contribution in [0.1, 0.15) is 46.4 Å². The SMILES string of the molecule is O=C(NCCCNCCCCNCCCNC(=O)C(=O)c1c[nH]c2ccc(Br)cc12)C(=O)c1c[nH]c2ccc(Br)cc12. The van der Waals surface area contributed by atoms with E-state index in [2.05, 4.69) is 63.1 Å². The van der Waals surface area contributed by atoms with Gasteiger partial charge in [0.25, 0.3) is 23.4 Å². The van der Waals surface area contributed by atoms with Gasteiger partial charge in [-0.2, -0.15) is 0 Å². The number of Topliss-reactive ketones (excluding diaryl/α,β-unsaturated/α-hetero) is 2. The summed E-state index contributed by atoms with van der Waals surface area (Å²) in [5, 5.41) is 13.5. The van der Waals surface area contributed by atoms with Crippen LogP contribution >= 0.6 is 31.9 Å². The predicted molar refractivity (Wildman–Crippen MR) is 171 cm³/mol. The van der Waals surface area contributed by atoms with Crippen LogP contribution in [-0.4, -0.2) is 72.6 Å². The molecule has 0 radical (unpaired) electrons. The van der Waals surface area contributed by atoms with Crippen molar-refractivity contribution in [1.29, 1.82) is 0 Å². The number of hydrogen-bond acceptors (Lipinski definition) is 6. The van der Waals surface area contributed by atoms with Crippen LogP contribution < -0.4 is 21.3 Å². The van der Waals surface area contributed by atoms with E-state index in [-0.39, 0.29) is 0 Å². The van der Waals surface area contributed by atoms with Crippen molar-refractivity contribution in [2.24, 2.45) is 0 Å². The number of rotatable bonds is 17. The maximum absolute atomic E-state index is 12.5. The lowest BCUT2D eigenvalue weighted by Crippen LogP contribution is -2.33. The van der Waals surface area contributed by atoms with Gasteiger partial charge in [0.15, 0.2) is 0 Å². The number of nitrogens with one attached hydrogen (secondary N) is 6. The van der Waals surface area contributed by atoms with E-state index in [4.69, 9.17) is 0 Å². The summed E-state index contributed by atoms with van der Waals surface area (Å²) in [4.78, 5) is 55.7. The summed E-state index contributed by atoms with van der Waals surface area (Å²) in [6, 6.07) is 11.1. The number of carbonyl (C=O) groups is 4. The number of hydrogen-bond donors (Lipinski definition) is 6. The Morgan fingerprint density at radius 2 is 0.976 bits per heavy atom. The van der Waals surface area contributed by atoms with E-state index < -0.39 is 23.4 Å². The topological polar surface area (TPSA) is 148 Å². The van der Waals surface area contributed by atoms with Crippen molar-refractivity contribution in [1.82, 2.24) is 31.2 Å². The van der Waals surface area contributed by atoms with E-state index >= 15 is 0 Å². The third-order valence-corrected chi connectivity index (χ3v) is 7.76. The zero-order valence-corrected chi connectivity index (χ0v) is 26.3. The van der Waals surface area contributed by atoms with Crippen molar-refractivity contribution in [2.75, 3.05) is 39.3 Å². The second kappa shape index (κ2) is 15.8. The number of aromatic nitrogens is 2. The van der Waals surface area contributed by atoms with Gasteiger partial charge in [-0.1, -0.05) is 31.9 Å². The molecule has 2 heterocycles. The number of carbonyl (C=O) groups excluding carboxylic acids is 4. The Kier molecular flexibility index (Phi) is 11.9. The average molecular weight is 702 g/mol. The summed E-state index contributed by atoms with van der Waals surface area (Å²) < 4.78 is 1.69. The first-order valence-electron chi connectivity index (χ1n) is 13.9. The molecular weight excluding hydrogens is 668 g/mol. The molecule has 0 saturated carbocycles. The molecular formula is C30H34Br2N6O4. The number of ketones is 2. The molecule has 0 fully saturated rings. The second-order valence-corrected chi connectivity index (χ2v) is 11.7. The van der Waals surface area contributed by atoms with Gasteiger partial charge in [0, 0.05) is 56.2 Å². The highest BCUT2D eigenvalue weighted by molar-refractivity contribution is 9.10. The fourth-order valence-corrected chi connectivity index (χ4v) is 5.27. The number of fused-ring (bicyclic) bond motifs is 2. The normalized spacial score (nSPS) is 11.2. The minimum absolute atomic E-state index is 0.366. The number of aromatic amines is 2. The molecule has 222 valence electrons. The fraction of sp³-hybridized carbons (Fsp3) is 0.333. The third-order valence-electron chi connectivity index (χ3n) is 6.78. The largest absolute Gasteiger partial charge is 0.360 e.